The summed E-state index contributed by atoms with van der Waals surface area (Å²) in [5.41, 5.74) is -0.251. The smallest absolute Gasteiger partial charge is 0.408 e. The quantitative estimate of drug-likeness (QED) is 0.780. The summed E-state index contributed by atoms with van der Waals surface area (Å²) < 4.78 is 32.4. The van der Waals surface area contributed by atoms with Crippen molar-refractivity contribution in [3.8, 4) is 5.75 Å². The van der Waals surface area contributed by atoms with Gasteiger partial charge in [0.25, 0.3) is 0 Å². The highest BCUT2D eigenvalue weighted by Gasteiger charge is 2.29. The highest BCUT2D eigenvalue weighted by atomic mass is 19.1. The number of phenolic OH excluding ortho intramolecular Hbond substituents is 1. The molecule has 8 heteroatoms. The minimum atomic E-state index is -2.01. The van der Waals surface area contributed by atoms with Crippen molar-refractivity contribution in [1.82, 2.24) is 5.32 Å². The van der Waals surface area contributed by atoms with Crippen molar-refractivity contribution in [3.05, 3.63) is 65.2 Å². The minimum absolute atomic E-state index is 0.139. The second kappa shape index (κ2) is 7.40. The molecule has 2 rings (SSSR count). The van der Waals surface area contributed by atoms with E-state index >= 15 is 0 Å². The lowest BCUT2D eigenvalue weighted by atomic mass is 10.1. The molecular formula is C16H13F2NO5. The first-order valence-corrected chi connectivity index (χ1v) is 6.76. The molecule has 0 fully saturated rings. The van der Waals surface area contributed by atoms with Crippen LogP contribution in [0.2, 0.25) is 0 Å². The molecule has 0 aliphatic rings. The molecule has 2 aromatic carbocycles. The molecule has 6 nitrogen and oxygen atoms in total. The van der Waals surface area contributed by atoms with Crippen LogP contribution >= 0.6 is 0 Å². The first-order valence-electron chi connectivity index (χ1n) is 6.76. The maximum absolute atomic E-state index is 13.8. The van der Waals surface area contributed by atoms with E-state index in [0.29, 0.717) is 17.7 Å². The van der Waals surface area contributed by atoms with Gasteiger partial charge in [-0.15, -0.1) is 0 Å². The SMILES string of the molecule is O=C(NC(C(=O)O)c1c(F)cc(O)cc1F)OCc1ccccc1. The highest BCUT2D eigenvalue weighted by Crippen LogP contribution is 2.25. The van der Waals surface area contributed by atoms with Gasteiger partial charge in [0.1, 0.15) is 24.0 Å². The number of carboxylic acids is 1. The fourth-order valence-electron chi connectivity index (χ4n) is 1.99. The summed E-state index contributed by atoms with van der Waals surface area (Å²) in [5, 5.41) is 20.1. The van der Waals surface area contributed by atoms with Crippen molar-refractivity contribution in [3.63, 3.8) is 0 Å². The van der Waals surface area contributed by atoms with Gasteiger partial charge in [0.2, 0.25) is 0 Å². The van der Waals surface area contributed by atoms with Crippen LogP contribution in [0.1, 0.15) is 17.2 Å². The van der Waals surface area contributed by atoms with E-state index in [4.69, 9.17) is 14.9 Å². The molecule has 1 amide bonds. The molecule has 0 heterocycles. The molecule has 0 saturated heterocycles. The van der Waals surface area contributed by atoms with Gasteiger partial charge < -0.3 is 20.3 Å². The predicted molar refractivity (Wildman–Crippen MR) is 78.2 cm³/mol. The fraction of sp³-hybridized carbons (Fsp3) is 0.125. The molecule has 3 N–H and O–H groups in total. The van der Waals surface area contributed by atoms with E-state index in [0.717, 1.165) is 0 Å². The number of ether oxygens (including phenoxy) is 1. The van der Waals surface area contributed by atoms with Crippen LogP contribution in [0.15, 0.2) is 42.5 Å². The molecule has 1 unspecified atom stereocenters. The topological polar surface area (TPSA) is 95.9 Å². The van der Waals surface area contributed by atoms with Gasteiger partial charge in [-0.05, 0) is 5.56 Å². The van der Waals surface area contributed by atoms with E-state index in [2.05, 4.69) is 0 Å². The number of nitrogens with one attached hydrogen (secondary N) is 1. The van der Waals surface area contributed by atoms with Crippen LogP contribution in [-0.4, -0.2) is 22.3 Å². The van der Waals surface area contributed by atoms with E-state index in [9.17, 15) is 18.4 Å². The van der Waals surface area contributed by atoms with E-state index in [1.165, 1.54) is 0 Å². The lowest BCUT2D eigenvalue weighted by molar-refractivity contribution is -0.139. The zero-order valence-corrected chi connectivity index (χ0v) is 12.2. The lowest BCUT2D eigenvalue weighted by Gasteiger charge is -2.16. The van der Waals surface area contributed by atoms with Crippen molar-refractivity contribution in [2.24, 2.45) is 0 Å². The Morgan fingerprint density at radius 1 is 1.12 bits per heavy atom. The number of aromatic hydroxyl groups is 1. The maximum atomic E-state index is 13.8. The third-order valence-corrected chi connectivity index (χ3v) is 3.07. The lowest BCUT2D eigenvalue weighted by Crippen LogP contribution is -2.35. The molecule has 0 bridgehead atoms. The van der Waals surface area contributed by atoms with Gasteiger partial charge in [0.05, 0.1) is 5.56 Å². The van der Waals surface area contributed by atoms with E-state index in [-0.39, 0.29) is 6.61 Å². The van der Waals surface area contributed by atoms with E-state index in [1.54, 1.807) is 30.3 Å². The zero-order chi connectivity index (χ0) is 17.7. The first-order chi connectivity index (χ1) is 11.4. The van der Waals surface area contributed by atoms with Crippen molar-refractivity contribution in [1.29, 1.82) is 0 Å². The number of carbonyl (C=O) groups excluding carboxylic acids is 1. The number of carboxylic acid groups (broad SMARTS) is 1. The van der Waals surface area contributed by atoms with Gasteiger partial charge in [-0.2, -0.15) is 0 Å². The summed E-state index contributed by atoms with van der Waals surface area (Å²) in [5.74, 6) is -4.99. The number of amides is 1. The normalized spacial score (nSPS) is 11.6. The number of hydrogen-bond acceptors (Lipinski definition) is 4. The molecule has 0 aliphatic heterocycles. The van der Waals surface area contributed by atoms with Gasteiger partial charge in [0.15, 0.2) is 6.04 Å². The Balaban J connectivity index is 2.12. The Kier molecular flexibility index (Phi) is 5.31. The number of halogens is 2. The number of hydrogen-bond donors (Lipinski definition) is 3. The molecule has 0 saturated carbocycles. The van der Waals surface area contributed by atoms with E-state index < -0.39 is 41.1 Å². The number of phenols is 1. The largest absolute Gasteiger partial charge is 0.508 e. The number of carbonyl (C=O) groups is 2. The fourth-order valence-corrected chi connectivity index (χ4v) is 1.99. The van der Waals surface area contributed by atoms with Gasteiger partial charge in [0, 0.05) is 12.1 Å². The molecule has 126 valence electrons. The average Bonchev–Trinajstić information content (AvgIpc) is 2.52. The average molecular weight is 337 g/mol. The summed E-state index contributed by atoms with van der Waals surface area (Å²) in [6, 6.07) is 7.66. The first kappa shape index (κ1) is 17.2. The molecule has 1 atom stereocenters. The molecule has 0 aliphatic carbocycles. The Hall–Kier alpha value is -3.16. The highest BCUT2D eigenvalue weighted by molar-refractivity contribution is 5.81. The third kappa shape index (κ3) is 4.19. The van der Waals surface area contributed by atoms with Crippen LogP contribution in [0.5, 0.6) is 5.75 Å². The Bertz CT molecular complexity index is 728. The van der Waals surface area contributed by atoms with Crippen molar-refractivity contribution in [2.75, 3.05) is 0 Å². The predicted octanol–water partition coefficient (Wildman–Crippen LogP) is 2.72. The summed E-state index contributed by atoms with van der Waals surface area (Å²) in [6.07, 6.45) is -1.15. The Morgan fingerprint density at radius 3 is 2.25 bits per heavy atom. The van der Waals surface area contributed by atoms with Gasteiger partial charge in [-0.25, -0.2) is 18.4 Å². The zero-order valence-electron chi connectivity index (χ0n) is 12.2. The van der Waals surface area contributed by atoms with Crippen LogP contribution in [0, 0.1) is 11.6 Å². The summed E-state index contributed by atoms with van der Waals surface area (Å²) in [7, 11) is 0. The van der Waals surface area contributed by atoms with Crippen LogP contribution in [0.3, 0.4) is 0 Å². The van der Waals surface area contributed by atoms with E-state index in [1.807, 2.05) is 5.32 Å². The molecule has 2 aromatic rings. The number of benzene rings is 2. The standard InChI is InChI=1S/C16H13F2NO5/c17-11-6-10(20)7-12(18)13(11)14(15(21)22)19-16(23)24-8-9-4-2-1-3-5-9/h1-7,14,20H,8H2,(H,19,23)(H,21,22). The number of rotatable bonds is 5. The minimum Gasteiger partial charge on any atom is -0.508 e. The maximum Gasteiger partial charge on any atom is 0.408 e. The second-order valence-electron chi connectivity index (χ2n) is 4.80. The Morgan fingerprint density at radius 2 is 1.71 bits per heavy atom. The van der Waals surface area contributed by atoms with Gasteiger partial charge in [-0.1, -0.05) is 30.3 Å². The van der Waals surface area contributed by atoms with Crippen molar-refractivity contribution in [2.45, 2.75) is 12.6 Å². The number of aliphatic carboxylic acids is 1. The summed E-state index contributed by atoms with van der Waals surface area (Å²) >= 11 is 0. The molecule has 0 spiro atoms. The molecule has 24 heavy (non-hydrogen) atoms. The van der Waals surface area contributed by atoms with Gasteiger partial charge in [-0.3, -0.25) is 0 Å². The van der Waals surface area contributed by atoms with Crippen LogP contribution in [0.4, 0.5) is 13.6 Å². The number of alkyl carbamates (subject to hydrolysis) is 1. The summed E-state index contributed by atoms with van der Waals surface area (Å²) in [4.78, 5) is 22.9. The monoisotopic (exact) mass is 337 g/mol. The third-order valence-electron chi connectivity index (χ3n) is 3.07. The second-order valence-corrected chi connectivity index (χ2v) is 4.80. The van der Waals surface area contributed by atoms with Crippen LogP contribution in [-0.2, 0) is 16.1 Å². The van der Waals surface area contributed by atoms with Crippen LogP contribution in [0.25, 0.3) is 0 Å². The molecule has 0 aromatic heterocycles. The molecule has 0 radical (unpaired) electrons. The van der Waals surface area contributed by atoms with Crippen LogP contribution < -0.4 is 5.32 Å². The van der Waals surface area contributed by atoms with Crippen molar-refractivity contribution < 1.29 is 33.3 Å². The summed E-state index contributed by atoms with van der Waals surface area (Å²) in [6.45, 7) is -0.139. The Labute approximate surface area is 135 Å². The van der Waals surface area contributed by atoms with Gasteiger partial charge >= 0.3 is 12.1 Å². The molecular weight excluding hydrogens is 324 g/mol. The van der Waals surface area contributed by atoms with Crippen molar-refractivity contribution >= 4 is 12.1 Å².